The normalized spacial score (nSPS) is 13.5. The van der Waals surface area contributed by atoms with Crippen molar-refractivity contribution in [2.24, 2.45) is 0 Å². The summed E-state index contributed by atoms with van der Waals surface area (Å²) in [7, 11) is 0. The van der Waals surface area contributed by atoms with Gasteiger partial charge in [0.15, 0.2) is 0 Å². The van der Waals surface area contributed by atoms with Gasteiger partial charge in [0.1, 0.15) is 5.60 Å². The van der Waals surface area contributed by atoms with Gasteiger partial charge in [0.25, 0.3) is 11.3 Å². The molecule has 0 saturated heterocycles. The smallest absolute Gasteiger partial charge is 0.421 e. The van der Waals surface area contributed by atoms with Crippen LogP contribution in [0.3, 0.4) is 0 Å². The number of hydrogen-bond acceptors (Lipinski definition) is 4. The van der Waals surface area contributed by atoms with Crippen LogP contribution in [0.4, 0.5) is 4.79 Å². The fraction of sp³-hybridized carbons (Fsp3) is 0.857. The van der Waals surface area contributed by atoms with Crippen LogP contribution >= 0.6 is 0 Å². The summed E-state index contributed by atoms with van der Waals surface area (Å²) in [5, 5.41) is 0. The molecule has 5 nitrogen and oxygen atoms in total. The molecule has 0 saturated carbocycles. The highest BCUT2D eigenvalue weighted by molar-refractivity contribution is 7.78. The number of amides is 1. The topological polar surface area (TPSA) is 64.6 Å². The summed E-state index contributed by atoms with van der Waals surface area (Å²) in [4.78, 5) is 10.9. The fourth-order valence-corrected chi connectivity index (χ4v) is 0.954. The van der Waals surface area contributed by atoms with Gasteiger partial charge < -0.3 is 4.74 Å². The Morgan fingerprint density at radius 1 is 1.46 bits per heavy atom. The van der Waals surface area contributed by atoms with Crippen LogP contribution < -0.4 is 4.72 Å². The molecule has 0 spiro atoms. The molecule has 13 heavy (non-hydrogen) atoms. The summed E-state index contributed by atoms with van der Waals surface area (Å²) in [5.41, 5.74) is -0.597. The van der Waals surface area contributed by atoms with Crippen LogP contribution in [0, 0.1) is 0 Å². The minimum Gasteiger partial charge on any atom is -0.443 e. The molecule has 78 valence electrons. The minimum atomic E-state index is -1.81. The maximum atomic E-state index is 10.9. The molecule has 1 unspecified atom stereocenters. The Labute approximate surface area is 80.6 Å². The van der Waals surface area contributed by atoms with Gasteiger partial charge in [-0.15, -0.1) is 0 Å². The van der Waals surface area contributed by atoms with Crippen LogP contribution in [-0.2, 0) is 20.2 Å². The molecule has 0 aromatic rings. The van der Waals surface area contributed by atoms with E-state index in [9.17, 15) is 9.00 Å². The number of nitrogens with one attached hydrogen (secondary N) is 1. The Morgan fingerprint density at radius 3 is 2.38 bits per heavy atom. The molecule has 0 bridgehead atoms. The van der Waals surface area contributed by atoms with Crippen LogP contribution in [-0.4, -0.2) is 22.5 Å². The second kappa shape index (κ2) is 5.18. The zero-order valence-electron chi connectivity index (χ0n) is 8.25. The van der Waals surface area contributed by atoms with Crippen molar-refractivity contribution in [3.05, 3.63) is 0 Å². The second-order valence-electron chi connectivity index (χ2n) is 3.25. The molecule has 0 aromatic carbocycles. The van der Waals surface area contributed by atoms with Crippen LogP contribution in [0.25, 0.3) is 0 Å². The molecule has 0 fully saturated rings. The van der Waals surface area contributed by atoms with Crippen molar-refractivity contribution in [1.29, 1.82) is 0 Å². The first-order chi connectivity index (χ1) is 5.85. The zero-order chi connectivity index (χ0) is 10.5. The Bertz CT molecular complexity index is 199. The maximum Gasteiger partial charge on any atom is 0.421 e. The monoisotopic (exact) mass is 209 g/mol. The number of ether oxygens (including phenoxy) is 1. The van der Waals surface area contributed by atoms with Crippen LogP contribution in [0.15, 0.2) is 0 Å². The maximum absolute atomic E-state index is 10.9. The molecule has 0 heterocycles. The average molecular weight is 209 g/mol. The predicted molar refractivity (Wildman–Crippen MR) is 49.1 cm³/mol. The van der Waals surface area contributed by atoms with Crippen molar-refractivity contribution in [1.82, 2.24) is 4.72 Å². The third kappa shape index (κ3) is 7.73. The summed E-state index contributed by atoms with van der Waals surface area (Å²) in [6.45, 7) is 7.10. The van der Waals surface area contributed by atoms with Crippen LogP contribution in [0.1, 0.15) is 27.7 Å². The van der Waals surface area contributed by atoms with Gasteiger partial charge in [-0.2, -0.15) is 0 Å². The van der Waals surface area contributed by atoms with Gasteiger partial charge >= 0.3 is 6.09 Å². The molecule has 0 rings (SSSR count). The van der Waals surface area contributed by atoms with Crippen molar-refractivity contribution in [2.75, 3.05) is 6.61 Å². The first kappa shape index (κ1) is 12.4. The highest BCUT2D eigenvalue weighted by atomic mass is 32.2. The molecule has 0 aliphatic heterocycles. The number of rotatable bonds is 3. The Hall–Kier alpha value is -0.620. The first-order valence-electron chi connectivity index (χ1n) is 3.90. The molecule has 0 aliphatic carbocycles. The largest absolute Gasteiger partial charge is 0.443 e. The molecule has 1 amide bonds. The lowest BCUT2D eigenvalue weighted by molar-refractivity contribution is 0.0567. The Morgan fingerprint density at radius 2 is 2.00 bits per heavy atom. The molecular weight excluding hydrogens is 194 g/mol. The number of carbonyl (C=O) groups is 1. The van der Waals surface area contributed by atoms with Gasteiger partial charge in [-0.3, -0.25) is 4.18 Å². The molecule has 0 aromatic heterocycles. The lowest BCUT2D eigenvalue weighted by Gasteiger charge is -2.18. The molecule has 6 heteroatoms. The van der Waals surface area contributed by atoms with Gasteiger partial charge in [0.05, 0.1) is 6.61 Å². The fourth-order valence-electron chi connectivity index (χ4n) is 0.503. The van der Waals surface area contributed by atoms with E-state index in [1.54, 1.807) is 27.7 Å². The molecular formula is C7H15NO4S. The van der Waals surface area contributed by atoms with E-state index in [4.69, 9.17) is 4.74 Å². The number of hydrogen-bond donors (Lipinski definition) is 1. The molecule has 0 aliphatic rings. The number of carbonyl (C=O) groups excluding carboxylic acids is 1. The van der Waals surface area contributed by atoms with Crippen molar-refractivity contribution < 1.29 is 17.9 Å². The van der Waals surface area contributed by atoms with Crippen molar-refractivity contribution >= 4 is 17.4 Å². The lowest BCUT2D eigenvalue weighted by Crippen LogP contribution is -2.34. The summed E-state index contributed by atoms with van der Waals surface area (Å²) >= 11 is -1.81. The van der Waals surface area contributed by atoms with E-state index in [-0.39, 0.29) is 6.61 Å². The average Bonchev–Trinajstić information content (AvgIpc) is 1.81. The van der Waals surface area contributed by atoms with Gasteiger partial charge in [-0.1, -0.05) is 0 Å². The lowest BCUT2D eigenvalue weighted by atomic mass is 10.2. The van der Waals surface area contributed by atoms with Crippen LogP contribution in [0.2, 0.25) is 0 Å². The summed E-state index contributed by atoms with van der Waals surface area (Å²) in [5.74, 6) is 0. The quantitative estimate of drug-likeness (QED) is 0.756. The standard InChI is InChI=1S/C7H15NO4S/c1-5-11-13(10)8-6(9)12-7(2,3)4/h5H2,1-4H3,(H,8,9). The van der Waals surface area contributed by atoms with Gasteiger partial charge in [-0.05, 0) is 27.7 Å². The first-order valence-corrected chi connectivity index (χ1v) is 4.97. The summed E-state index contributed by atoms with van der Waals surface area (Å²) in [6.07, 6.45) is -0.751. The van der Waals surface area contributed by atoms with Gasteiger partial charge in [-0.25, -0.2) is 13.7 Å². The highest BCUT2D eigenvalue weighted by Gasteiger charge is 2.17. The van der Waals surface area contributed by atoms with E-state index in [1.165, 1.54) is 0 Å². The van der Waals surface area contributed by atoms with E-state index >= 15 is 0 Å². The zero-order valence-corrected chi connectivity index (χ0v) is 9.06. The second-order valence-corrected chi connectivity index (χ2v) is 4.15. The van der Waals surface area contributed by atoms with Crippen LogP contribution in [0.5, 0.6) is 0 Å². The van der Waals surface area contributed by atoms with E-state index in [0.29, 0.717) is 0 Å². The summed E-state index contributed by atoms with van der Waals surface area (Å²) in [6, 6.07) is 0. The van der Waals surface area contributed by atoms with Gasteiger partial charge in [0.2, 0.25) is 0 Å². The highest BCUT2D eigenvalue weighted by Crippen LogP contribution is 2.06. The summed E-state index contributed by atoms with van der Waals surface area (Å²) < 4.78 is 22.3. The van der Waals surface area contributed by atoms with E-state index in [1.807, 2.05) is 4.72 Å². The van der Waals surface area contributed by atoms with Crippen molar-refractivity contribution in [3.8, 4) is 0 Å². The van der Waals surface area contributed by atoms with Gasteiger partial charge in [0, 0.05) is 0 Å². The Kier molecular flexibility index (Phi) is 4.94. The molecule has 0 radical (unpaired) electrons. The Balaban J connectivity index is 3.82. The van der Waals surface area contributed by atoms with E-state index in [2.05, 4.69) is 4.18 Å². The van der Waals surface area contributed by atoms with E-state index < -0.39 is 23.0 Å². The minimum absolute atomic E-state index is 0.266. The van der Waals surface area contributed by atoms with Crippen molar-refractivity contribution in [2.45, 2.75) is 33.3 Å². The SMILES string of the molecule is CCOS(=O)NC(=O)OC(C)(C)C. The van der Waals surface area contributed by atoms with E-state index in [0.717, 1.165) is 0 Å². The third-order valence-electron chi connectivity index (χ3n) is 0.790. The molecule has 1 N–H and O–H groups in total. The predicted octanol–water partition coefficient (Wildman–Crippen LogP) is 1.13. The third-order valence-corrected chi connectivity index (χ3v) is 1.57. The molecule has 1 atom stereocenters. The van der Waals surface area contributed by atoms with Crippen molar-refractivity contribution in [3.63, 3.8) is 0 Å².